The summed E-state index contributed by atoms with van der Waals surface area (Å²) in [5.41, 5.74) is 0. The largest absolute Gasteiger partial charge is 0.462 e. The molecule has 1 rings (SSSR count). The first-order valence-electron chi connectivity index (χ1n) is 20.2. The maximum atomic E-state index is 12.7. The van der Waals surface area contributed by atoms with Crippen LogP contribution in [0.15, 0.2) is 85.1 Å². The van der Waals surface area contributed by atoms with Gasteiger partial charge in [-0.15, -0.1) is 0 Å². The van der Waals surface area contributed by atoms with Crippen molar-refractivity contribution in [3.8, 4) is 0 Å². The molecule has 0 spiro atoms. The van der Waals surface area contributed by atoms with Crippen LogP contribution in [0.5, 0.6) is 0 Å². The average Bonchev–Trinajstić information content (AvgIpc) is 3.17. The molecule has 4 N–H and O–H groups in total. The van der Waals surface area contributed by atoms with Crippen molar-refractivity contribution in [2.75, 3.05) is 19.8 Å². The summed E-state index contributed by atoms with van der Waals surface area (Å²) in [6.45, 7) is 3.08. The van der Waals surface area contributed by atoms with E-state index in [2.05, 4.69) is 80.7 Å². The third kappa shape index (κ3) is 25.8. The van der Waals surface area contributed by atoms with Gasteiger partial charge in [0, 0.05) is 12.8 Å². The Morgan fingerprint density at radius 1 is 0.593 bits per heavy atom. The highest BCUT2D eigenvalue weighted by molar-refractivity contribution is 5.70. The van der Waals surface area contributed by atoms with Gasteiger partial charge in [-0.05, 0) is 70.6 Å². The lowest BCUT2D eigenvalue weighted by Crippen LogP contribution is -2.59. The van der Waals surface area contributed by atoms with Gasteiger partial charge in [0.2, 0.25) is 0 Å². The van der Waals surface area contributed by atoms with Gasteiger partial charge < -0.3 is 39.4 Å². The molecule has 306 valence electrons. The smallest absolute Gasteiger partial charge is 0.306 e. The summed E-state index contributed by atoms with van der Waals surface area (Å²) in [7, 11) is 0. The normalized spacial score (nSPS) is 21.6. The number of ether oxygens (including phenoxy) is 4. The van der Waals surface area contributed by atoms with Gasteiger partial charge in [0.25, 0.3) is 0 Å². The Hall–Kier alpha value is -3.12. The van der Waals surface area contributed by atoms with Crippen molar-refractivity contribution in [3.05, 3.63) is 85.1 Å². The molecule has 3 unspecified atom stereocenters. The minimum absolute atomic E-state index is 0.194. The van der Waals surface area contributed by atoms with E-state index < -0.39 is 55.4 Å². The lowest BCUT2D eigenvalue weighted by Gasteiger charge is -2.39. The SMILES string of the molecule is CC/C=C/C=C/C=C/CCCCCCCC(=O)OC(COC(=O)CCCCC/C=C/C/C=C/C/C=C/C/C=C/CC)CO[C@H]1O[C@@H](CO)[C@@H](O)C(O)C1O. The van der Waals surface area contributed by atoms with E-state index in [0.717, 1.165) is 83.5 Å². The van der Waals surface area contributed by atoms with Crippen molar-refractivity contribution in [1.82, 2.24) is 0 Å². The van der Waals surface area contributed by atoms with Crippen LogP contribution in [0.3, 0.4) is 0 Å². The first-order chi connectivity index (χ1) is 26.3. The number of aliphatic hydroxyl groups is 4. The Kier molecular flexibility index (Phi) is 31.1. The van der Waals surface area contributed by atoms with E-state index in [9.17, 15) is 30.0 Å². The van der Waals surface area contributed by atoms with Crippen LogP contribution in [0.25, 0.3) is 0 Å². The van der Waals surface area contributed by atoms with E-state index in [1.54, 1.807) is 0 Å². The molecule has 0 amide bonds. The molecule has 1 aliphatic rings. The molecule has 10 nitrogen and oxygen atoms in total. The Morgan fingerprint density at radius 3 is 1.78 bits per heavy atom. The van der Waals surface area contributed by atoms with Crippen LogP contribution in [-0.2, 0) is 28.5 Å². The molecule has 0 aromatic carbocycles. The molecular weight excluding hydrogens is 688 g/mol. The van der Waals surface area contributed by atoms with E-state index in [1.807, 2.05) is 18.2 Å². The first-order valence-corrected chi connectivity index (χ1v) is 20.2. The lowest BCUT2D eigenvalue weighted by atomic mass is 9.99. The zero-order valence-corrected chi connectivity index (χ0v) is 32.9. The Labute approximate surface area is 325 Å². The zero-order valence-electron chi connectivity index (χ0n) is 32.9. The van der Waals surface area contributed by atoms with Gasteiger partial charge in [0.1, 0.15) is 31.0 Å². The summed E-state index contributed by atoms with van der Waals surface area (Å²) in [6.07, 6.45) is 35.9. The molecule has 0 aromatic heterocycles. The topological polar surface area (TPSA) is 152 Å². The number of aliphatic hydroxyl groups excluding tert-OH is 4. The van der Waals surface area contributed by atoms with Crippen LogP contribution in [0, 0.1) is 0 Å². The lowest BCUT2D eigenvalue weighted by molar-refractivity contribution is -0.305. The number of carbonyl (C=O) groups is 2. The molecule has 0 saturated carbocycles. The highest BCUT2D eigenvalue weighted by Gasteiger charge is 2.44. The van der Waals surface area contributed by atoms with Crippen molar-refractivity contribution in [2.24, 2.45) is 0 Å². The minimum Gasteiger partial charge on any atom is -0.462 e. The third-order valence-electron chi connectivity index (χ3n) is 8.59. The number of unbranched alkanes of at least 4 members (excludes halogenated alkanes) is 8. The molecule has 0 aromatic rings. The second kappa shape index (κ2) is 34.4. The van der Waals surface area contributed by atoms with Crippen LogP contribution in [0.2, 0.25) is 0 Å². The zero-order chi connectivity index (χ0) is 39.5. The molecule has 1 saturated heterocycles. The maximum absolute atomic E-state index is 12.7. The van der Waals surface area contributed by atoms with E-state index in [-0.39, 0.29) is 26.1 Å². The van der Waals surface area contributed by atoms with Crippen molar-refractivity contribution in [2.45, 2.75) is 160 Å². The van der Waals surface area contributed by atoms with Crippen molar-refractivity contribution in [3.63, 3.8) is 0 Å². The van der Waals surface area contributed by atoms with Gasteiger partial charge in [-0.1, -0.05) is 125 Å². The standard InChI is InChI=1S/C44H70O10/c1-3-5-7-9-11-13-15-17-18-19-21-22-24-26-28-30-32-39(46)51-35-37(36-52-44-43(50)42(49)41(48)38(34-45)54-44)53-40(47)33-31-29-27-25-23-20-16-14-12-10-8-6-4-2/h5-8,10-14,16-18,21-22,37-38,41-45,48-50H,3-4,9,15,19-20,23-36H2,1-2H3/b7-5+,8-6+,12-10+,13-11+,16-14+,18-17+,22-21+/t37?,38-,41+,42?,43?,44-/m0/s1. The van der Waals surface area contributed by atoms with Gasteiger partial charge in [-0.2, -0.15) is 0 Å². The molecule has 6 atom stereocenters. The Balaban J connectivity index is 2.42. The monoisotopic (exact) mass is 758 g/mol. The van der Waals surface area contributed by atoms with Crippen LogP contribution in [-0.4, -0.2) is 89.0 Å². The number of hydrogen-bond donors (Lipinski definition) is 4. The quantitative estimate of drug-likeness (QED) is 0.0238. The van der Waals surface area contributed by atoms with Gasteiger partial charge >= 0.3 is 11.9 Å². The number of hydrogen-bond acceptors (Lipinski definition) is 10. The molecule has 10 heteroatoms. The van der Waals surface area contributed by atoms with Gasteiger partial charge in [-0.25, -0.2) is 0 Å². The Morgan fingerprint density at radius 2 is 1.13 bits per heavy atom. The van der Waals surface area contributed by atoms with Crippen LogP contribution >= 0.6 is 0 Å². The first kappa shape index (κ1) is 48.9. The van der Waals surface area contributed by atoms with E-state index in [4.69, 9.17) is 18.9 Å². The molecule has 0 aliphatic carbocycles. The molecule has 54 heavy (non-hydrogen) atoms. The summed E-state index contributed by atoms with van der Waals surface area (Å²) in [5.74, 6) is -0.879. The second-order valence-electron chi connectivity index (χ2n) is 13.4. The predicted octanol–water partition coefficient (Wildman–Crippen LogP) is 7.82. The summed E-state index contributed by atoms with van der Waals surface area (Å²) in [6, 6.07) is 0. The van der Waals surface area contributed by atoms with Crippen molar-refractivity contribution >= 4 is 11.9 Å². The van der Waals surface area contributed by atoms with Gasteiger partial charge in [-0.3, -0.25) is 9.59 Å². The van der Waals surface area contributed by atoms with Crippen molar-refractivity contribution in [1.29, 1.82) is 0 Å². The van der Waals surface area contributed by atoms with Crippen LogP contribution < -0.4 is 0 Å². The molecule has 0 radical (unpaired) electrons. The van der Waals surface area contributed by atoms with Crippen molar-refractivity contribution < 1.29 is 49.0 Å². The molecule has 1 aliphatic heterocycles. The van der Waals surface area contributed by atoms with Gasteiger partial charge in [0.15, 0.2) is 12.4 Å². The highest BCUT2D eigenvalue weighted by Crippen LogP contribution is 2.22. The summed E-state index contributed by atoms with van der Waals surface area (Å²) in [4.78, 5) is 25.2. The fraction of sp³-hybridized carbons (Fsp3) is 0.636. The number of esters is 2. The van der Waals surface area contributed by atoms with E-state index >= 15 is 0 Å². The molecule has 1 fully saturated rings. The average molecular weight is 759 g/mol. The van der Waals surface area contributed by atoms with E-state index in [0.29, 0.717) is 12.8 Å². The van der Waals surface area contributed by atoms with Crippen LogP contribution in [0.1, 0.15) is 123 Å². The van der Waals surface area contributed by atoms with E-state index in [1.165, 1.54) is 0 Å². The molecule has 0 bridgehead atoms. The van der Waals surface area contributed by atoms with Crippen LogP contribution in [0.4, 0.5) is 0 Å². The Bertz CT molecular complexity index is 1150. The molecule has 1 heterocycles. The van der Waals surface area contributed by atoms with Gasteiger partial charge in [0.05, 0.1) is 13.2 Å². The second-order valence-corrected chi connectivity index (χ2v) is 13.4. The third-order valence-corrected chi connectivity index (χ3v) is 8.59. The number of rotatable bonds is 31. The highest BCUT2D eigenvalue weighted by atomic mass is 16.7. The summed E-state index contributed by atoms with van der Waals surface area (Å²) >= 11 is 0. The fourth-order valence-electron chi connectivity index (χ4n) is 5.41. The minimum atomic E-state index is -1.61. The maximum Gasteiger partial charge on any atom is 0.306 e. The predicted molar refractivity (Wildman–Crippen MR) is 214 cm³/mol. The number of carbonyl (C=O) groups excluding carboxylic acids is 2. The fourth-order valence-corrected chi connectivity index (χ4v) is 5.41. The molecular formula is C44H70O10. The number of allylic oxidation sites excluding steroid dienone is 14. The summed E-state index contributed by atoms with van der Waals surface area (Å²) in [5, 5.41) is 40.0. The summed E-state index contributed by atoms with van der Waals surface area (Å²) < 4.78 is 22.0.